The second-order valence-electron chi connectivity index (χ2n) is 4.03. The van der Waals surface area contributed by atoms with E-state index in [1.807, 2.05) is 0 Å². The van der Waals surface area contributed by atoms with Gasteiger partial charge in [-0.2, -0.15) is 26.0 Å². The lowest BCUT2D eigenvalue weighted by molar-refractivity contribution is -0.226. The average molecular weight is 314 g/mol. The summed E-state index contributed by atoms with van der Waals surface area (Å²) >= 11 is 0. The molecule has 0 fully saturated rings. The Hall–Kier alpha value is -1.58. The average Bonchev–Trinajstić information content (AvgIpc) is 2.36. The summed E-state index contributed by atoms with van der Waals surface area (Å²) in [5.41, 5.74) is -5.64. The van der Waals surface area contributed by atoms with Crippen LogP contribution in [0.3, 0.4) is 0 Å². The number of nitrogens with zero attached hydrogens (tertiary/aromatic N) is 1. The maximum Gasteiger partial charge on any atom is 0.518 e. The largest absolute Gasteiger partial charge is 0.861 e. The van der Waals surface area contributed by atoms with Crippen molar-refractivity contribution in [2.24, 2.45) is 16.2 Å². The van der Waals surface area contributed by atoms with Gasteiger partial charge in [0.25, 0.3) is 0 Å². The third kappa shape index (κ3) is 3.50. The molecule has 0 amide bonds. The highest BCUT2D eigenvalue weighted by atomic mass is 32.2. The maximum absolute atomic E-state index is 12.1. The van der Waals surface area contributed by atoms with Crippen LogP contribution in [-0.4, -0.2) is 32.9 Å². The number of rotatable bonds is 3. The SMILES string of the molecule is COC(=O)C1CC=CCC1/C([O-])=N/S(=O)(=O)C(F)(F)F. The van der Waals surface area contributed by atoms with Crippen LogP contribution in [0.25, 0.3) is 0 Å². The zero-order chi connectivity index (χ0) is 15.6. The number of carbonyl (C=O) groups excluding carboxylic acids is 1. The van der Waals surface area contributed by atoms with Crippen LogP contribution in [0.5, 0.6) is 0 Å². The maximum atomic E-state index is 12.1. The fraction of sp³-hybridized carbons (Fsp3) is 0.600. The zero-order valence-corrected chi connectivity index (χ0v) is 11.1. The van der Waals surface area contributed by atoms with E-state index in [9.17, 15) is 31.5 Å². The number of carbonyl (C=O) groups is 1. The fourth-order valence-electron chi connectivity index (χ4n) is 1.74. The topological polar surface area (TPSA) is 95.9 Å². The highest BCUT2D eigenvalue weighted by molar-refractivity contribution is 7.91. The summed E-state index contributed by atoms with van der Waals surface area (Å²) in [7, 11) is -4.84. The Balaban J connectivity index is 3.09. The second-order valence-corrected chi connectivity index (χ2v) is 5.62. The lowest BCUT2D eigenvalue weighted by atomic mass is 9.83. The van der Waals surface area contributed by atoms with E-state index in [0.29, 0.717) is 0 Å². The molecule has 0 saturated heterocycles. The molecule has 1 aliphatic carbocycles. The minimum absolute atomic E-state index is 0.0739. The fourth-order valence-corrected chi connectivity index (χ4v) is 2.21. The Morgan fingerprint density at radius 1 is 1.30 bits per heavy atom. The molecule has 0 aromatic heterocycles. The van der Waals surface area contributed by atoms with Gasteiger partial charge in [-0.3, -0.25) is 4.79 Å². The minimum atomic E-state index is -5.90. The lowest BCUT2D eigenvalue weighted by Crippen LogP contribution is -2.39. The van der Waals surface area contributed by atoms with E-state index >= 15 is 0 Å². The van der Waals surface area contributed by atoms with Crippen LogP contribution >= 0.6 is 0 Å². The predicted molar refractivity (Wildman–Crippen MR) is 59.8 cm³/mol. The summed E-state index contributed by atoms with van der Waals surface area (Å²) in [6.07, 6.45) is 3.03. The van der Waals surface area contributed by atoms with E-state index in [2.05, 4.69) is 9.13 Å². The number of esters is 1. The first-order valence-corrected chi connectivity index (χ1v) is 6.85. The number of alkyl halides is 3. The summed E-state index contributed by atoms with van der Waals surface area (Å²) < 4.78 is 64.7. The van der Waals surface area contributed by atoms with Gasteiger partial charge < -0.3 is 9.84 Å². The Kier molecular flexibility index (Phi) is 4.79. The molecule has 0 spiro atoms. The van der Waals surface area contributed by atoms with E-state index in [4.69, 9.17) is 0 Å². The van der Waals surface area contributed by atoms with Crippen LogP contribution in [0, 0.1) is 11.8 Å². The molecule has 114 valence electrons. The van der Waals surface area contributed by atoms with Gasteiger partial charge in [-0.05, 0) is 18.7 Å². The molecule has 6 nitrogen and oxygen atoms in total. The van der Waals surface area contributed by atoms with Crippen LogP contribution < -0.4 is 5.11 Å². The number of hydrogen-bond acceptors (Lipinski definition) is 5. The molecule has 2 atom stereocenters. The summed E-state index contributed by atoms with van der Waals surface area (Å²) in [6.45, 7) is 0. The van der Waals surface area contributed by atoms with E-state index in [-0.39, 0.29) is 12.8 Å². The van der Waals surface area contributed by atoms with Gasteiger partial charge in [0.2, 0.25) is 0 Å². The predicted octanol–water partition coefficient (Wildman–Crippen LogP) is 0.350. The number of halogens is 3. The van der Waals surface area contributed by atoms with Gasteiger partial charge in [0.15, 0.2) is 0 Å². The molecule has 1 rings (SSSR count). The lowest BCUT2D eigenvalue weighted by Gasteiger charge is -2.30. The van der Waals surface area contributed by atoms with E-state index < -0.39 is 39.2 Å². The van der Waals surface area contributed by atoms with Crippen molar-refractivity contribution in [3.05, 3.63) is 12.2 Å². The standard InChI is InChI=1S/C10H12F3NO5S/c1-19-9(16)7-5-3-2-4-6(7)8(15)14-20(17,18)10(11,12)13/h2-3,6-7H,4-5H2,1H3,(H,14,15)/p-1. The second kappa shape index (κ2) is 5.81. The zero-order valence-electron chi connectivity index (χ0n) is 10.3. The van der Waals surface area contributed by atoms with Crippen molar-refractivity contribution in [2.45, 2.75) is 18.3 Å². The third-order valence-corrected chi connectivity index (χ3v) is 3.76. The van der Waals surface area contributed by atoms with Crippen LogP contribution in [0.4, 0.5) is 13.2 Å². The van der Waals surface area contributed by atoms with Crippen molar-refractivity contribution in [3.63, 3.8) is 0 Å². The first-order chi connectivity index (χ1) is 9.10. The summed E-state index contributed by atoms with van der Waals surface area (Å²) in [4.78, 5) is 11.4. The van der Waals surface area contributed by atoms with Crippen LogP contribution in [-0.2, 0) is 19.6 Å². The summed E-state index contributed by atoms with van der Waals surface area (Å²) in [5, 5.41) is 11.6. The monoisotopic (exact) mass is 314 g/mol. The van der Waals surface area contributed by atoms with Gasteiger partial charge in [-0.1, -0.05) is 12.2 Å². The van der Waals surface area contributed by atoms with Crippen molar-refractivity contribution < 1.29 is 36.2 Å². The van der Waals surface area contributed by atoms with Crippen molar-refractivity contribution in [1.82, 2.24) is 0 Å². The van der Waals surface area contributed by atoms with Gasteiger partial charge in [-0.15, -0.1) is 0 Å². The molecule has 0 aromatic rings. The van der Waals surface area contributed by atoms with Gasteiger partial charge in [0.1, 0.15) is 0 Å². The third-order valence-electron chi connectivity index (χ3n) is 2.76. The number of methoxy groups -OCH3 is 1. The van der Waals surface area contributed by atoms with E-state index in [1.165, 1.54) is 6.08 Å². The van der Waals surface area contributed by atoms with E-state index in [1.54, 1.807) is 6.08 Å². The molecule has 10 heteroatoms. The molecular weight excluding hydrogens is 303 g/mol. The molecule has 20 heavy (non-hydrogen) atoms. The van der Waals surface area contributed by atoms with Gasteiger partial charge >= 0.3 is 21.5 Å². The molecule has 1 aliphatic rings. The van der Waals surface area contributed by atoms with Crippen molar-refractivity contribution in [2.75, 3.05) is 7.11 Å². The van der Waals surface area contributed by atoms with E-state index in [0.717, 1.165) is 7.11 Å². The summed E-state index contributed by atoms with van der Waals surface area (Å²) in [6, 6.07) is 0. The Labute approximate surface area is 113 Å². The highest BCUT2D eigenvalue weighted by Crippen LogP contribution is 2.29. The highest BCUT2D eigenvalue weighted by Gasteiger charge is 2.46. The molecule has 2 unspecified atom stereocenters. The van der Waals surface area contributed by atoms with Gasteiger partial charge in [-0.25, -0.2) is 0 Å². The summed E-state index contributed by atoms with van der Waals surface area (Å²) in [5.74, 6) is -4.61. The number of sulfonamides is 1. The molecule has 0 aliphatic heterocycles. The normalized spacial score (nSPS) is 24.5. The van der Waals surface area contributed by atoms with Crippen molar-refractivity contribution in [1.29, 1.82) is 0 Å². The minimum Gasteiger partial charge on any atom is -0.861 e. The van der Waals surface area contributed by atoms with Crippen LogP contribution in [0.15, 0.2) is 16.5 Å². The number of ether oxygens (including phenoxy) is 1. The molecule has 0 aromatic carbocycles. The van der Waals surface area contributed by atoms with Gasteiger partial charge in [0.05, 0.1) is 13.0 Å². The van der Waals surface area contributed by atoms with Crippen molar-refractivity contribution in [3.8, 4) is 0 Å². The molecule has 0 heterocycles. The Bertz CT molecular complexity index is 538. The van der Waals surface area contributed by atoms with Crippen molar-refractivity contribution >= 4 is 21.9 Å². The molecular formula is C10H11F3NO5S-. The number of hydrogen-bond donors (Lipinski definition) is 0. The van der Waals surface area contributed by atoms with Gasteiger partial charge in [0, 0.05) is 5.92 Å². The quantitative estimate of drug-likeness (QED) is 0.324. The molecule has 0 bridgehead atoms. The molecule has 0 saturated carbocycles. The molecule has 0 N–H and O–H groups in total. The first-order valence-electron chi connectivity index (χ1n) is 5.41. The molecule has 0 radical (unpaired) electrons. The Morgan fingerprint density at radius 2 is 1.80 bits per heavy atom. The first kappa shape index (κ1) is 16.5. The smallest absolute Gasteiger partial charge is 0.518 e. The Morgan fingerprint density at radius 3 is 2.25 bits per heavy atom. The number of allylic oxidation sites excluding steroid dienone is 2. The van der Waals surface area contributed by atoms with Crippen LogP contribution in [0.2, 0.25) is 0 Å². The van der Waals surface area contributed by atoms with Crippen LogP contribution in [0.1, 0.15) is 12.8 Å².